The molecule has 3 N–H and O–H groups in total. The van der Waals surface area contributed by atoms with Crippen LogP contribution in [0.25, 0.3) is 0 Å². The van der Waals surface area contributed by atoms with Crippen molar-refractivity contribution in [3.63, 3.8) is 0 Å². The Morgan fingerprint density at radius 2 is 2.12 bits per heavy atom. The number of sulfonamides is 1. The van der Waals surface area contributed by atoms with Gasteiger partial charge in [-0.1, -0.05) is 13.8 Å². The fourth-order valence-electron chi connectivity index (χ4n) is 1.16. The maximum Gasteiger partial charge on any atom is 0.257 e. The number of nitrogens with zero attached hydrogens (tertiary/aromatic N) is 1. The molecule has 0 fully saturated rings. The van der Waals surface area contributed by atoms with Crippen molar-refractivity contribution in [1.29, 1.82) is 0 Å². The molecule has 16 heavy (non-hydrogen) atoms. The molecule has 0 aliphatic carbocycles. The maximum absolute atomic E-state index is 11.7. The van der Waals surface area contributed by atoms with Crippen LogP contribution in [0.2, 0.25) is 0 Å². The van der Waals surface area contributed by atoms with Crippen molar-refractivity contribution in [1.82, 2.24) is 20.0 Å². The summed E-state index contributed by atoms with van der Waals surface area (Å²) in [5, 5.41) is 3.23. The summed E-state index contributed by atoms with van der Waals surface area (Å²) in [6.45, 7) is 6.68. The van der Waals surface area contributed by atoms with Crippen LogP contribution in [0.4, 0.5) is 0 Å². The van der Waals surface area contributed by atoms with Gasteiger partial charge in [0, 0.05) is 19.1 Å². The molecule has 0 saturated carbocycles. The summed E-state index contributed by atoms with van der Waals surface area (Å²) < 4.78 is 25.8. The van der Waals surface area contributed by atoms with Gasteiger partial charge in [0.25, 0.3) is 10.0 Å². The van der Waals surface area contributed by atoms with Gasteiger partial charge in [0.2, 0.25) is 0 Å². The number of nitrogens with one attached hydrogen (secondary N) is 3. The van der Waals surface area contributed by atoms with Crippen molar-refractivity contribution in [2.75, 3.05) is 13.1 Å². The maximum atomic E-state index is 11.7. The van der Waals surface area contributed by atoms with E-state index in [1.807, 2.05) is 13.8 Å². The van der Waals surface area contributed by atoms with Crippen LogP contribution in [0, 0.1) is 6.92 Å². The van der Waals surface area contributed by atoms with Gasteiger partial charge in [-0.3, -0.25) is 0 Å². The van der Waals surface area contributed by atoms with Crippen molar-refractivity contribution in [2.24, 2.45) is 0 Å². The minimum Gasteiger partial charge on any atom is -0.332 e. The summed E-state index contributed by atoms with van der Waals surface area (Å²) in [5.41, 5.74) is 0. The van der Waals surface area contributed by atoms with Crippen molar-refractivity contribution in [2.45, 2.75) is 31.8 Å². The first kappa shape index (κ1) is 13.1. The zero-order chi connectivity index (χ0) is 12.2. The molecule has 0 saturated heterocycles. The average molecular weight is 246 g/mol. The van der Waals surface area contributed by atoms with E-state index >= 15 is 0 Å². The van der Waals surface area contributed by atoms with E-state index in [1.165, 1.54) is 6.20 Å². The molecule has 0 radical (unpaired) electrons. The van der Waals surface area contributed by atoms with Gasteiger partial charge >= 0.3 is 0 Å². The Kier molecular flexibility index (Phi) is 4.45. The quantitative estimate of drug-likeness (QED) is 0.616. The van der Waals surface area contributed by atoms with Crippen LogP contribution in [-0.4, -0.2) is 37.5 Å². The Labute approximate surface area is 95.9 Å². The molecule has 1 rings (SSSR count). The van der Waals surface area contributed by atoms with Crippen molar-refractivity contribution in [3.05, 3.63) is 12.0 Å². The number of hydrogen-bond acceptors (Lipinski definition) is 4. The topological polar surface area (TPSA) is 86.9 Å². The Balaban J connectivity index is 2.47. The zero-order valence-electron chi connectivity index (χ0n) is 9.74. The van der Waals surface area contributed by atoms with Crippen LogP contribution in [-0.2, 0) is 10.0 Å². The second-order valence-corrected chi connectivity index (χ2v) is 5.57. The summed E-state index contributed by atoms with van der Waals surface area (Å²) in [6, 6.07) is 0.346. The van der Waals surface area contributed by atoms with E-state index in [2.05, 4.69) is 20.0 Å². The SMILES string of the molecule is Cc1ncc(S(=O)(=O)NCCNC(C)C)[nH]1. The lowest BCUT2D eigenvalue weighted by Gasteiger charge is -2.08. The van der Waals surface area contributed by atoms with Gasteiger partial charge in [0.15, 0.2) is 5.03 Å². The molecule has 0 atom stereocenters. The molecule has 0 unspecified atom stereocenters. The highest BCUT2D eigenvalue weighted by Crippen LogP contribution is 2.03. The van der Waals surface area contributed by atoms with Crippen molar-refractivity contribution < 1.29 is 8.42 Å². The molecular weight excluding hydrogens is 228 g/mol. The second kappa shape index (κ2) is 5.42. The molecule has 0 aliphatic rings. The number of aromatic amines is 1. The number of aromatic nitrogens is 2. The van der Waals surface area contributed by atoms with Gasteiger partial charge in [0.05, 0.1) is 6.20 Å². The minimum atomic E-state index is -3.45. The number of aryl methyl sites for hydroxylation is 1. The molecule has 0 bridgehead atoms. The highest BCUT2D eigenvalue weighted by Gasteiger charge is 2.15. The molecule has 0 aliphatic heterocycles. The van der Waals surface area contributed by atoms with E-state index in [0.29, 0.717) is 25.0 Å². The lowest BCUT2D eigenvalue weighted by Crippen LogP contribution is -2.34. The lowest BCUT2D eigenvalue weighted by atomic mass is 10.4. The van der Waals surface area contributed by atoms with Gasteiger partial charge in [-0.2, -0.15) is 0 Å². The Morgan fingerprint density at radius 3 is 2.62 bits per heavy atom. The first-order chi connectivity index (χ1) is 7.42. The predicted octanol–water partition coefficient (Wildman–Crippen LogP) is -0.00558. The second-order valence-electron chi connectivity index (χ2n) is 3.84. The zero-order valence-corrected chi connectivity index (χ0v) is 10.6. The van der Waals surface area contributed by atoms with E-state index < -0.39 is 10.0 Å². The van der Waals surface area contributed by atoms with E-state index in [0.717, 1.165) is 0 Å². The van der Waals surface area contributed by atoms with Gasteiger partial charge in [-0.05, 0) is 6.92 Å². The third kappa shape index (κ3) is 3.92. The largest absolute Gasteiger partial charge is 0.332 e. The lowest BCUT2D eigenvalue weighted by molar-refractivity contribution is 0.557. The molecule has 7 heteroatoms. The summed E-state index contributed by atoms with van der Waals surface area (Å²) in [6.07, 6.45) is 1.31. The number of H-pyrrole nitrogens is 1. The summed E-state index contributed by atoms with van der Waals surface area (Å²) >= 11 is 0. The van der Waals surface area contributed by atoms with Crippen LogP contribution in [0.5, 0.6) is 0 Å². The molecule has 1 aromatic rings. The highest BCUT2D eigenvalue weighted by molar-refractivity contribution is 7.89. The summed E-state index contributed by atoms with van der Waals surface area (Å²) in [7, 11) is -3.45. The number of rotatable bonds is 6. The molecule has 0 aromatic carbocycles. The standard InChI is InChI=1S/C9H18N4O2S/c1-7(2)10-4-5-12-16(14,15)9-6-11-8(3)13-9/h6-7,10,12H,4-5H2,1-3H3,(H,11,13). The van der Waals surface area contributed by atoms with Crippen LogP contribution in [0.15, 0.2) is 11.2 Å². The van der Waals surface area contributed by atoms with Gasteiger partial charge in [0.1, 0.15) is 5.82 Å². The van der Waals surface area contributed by atoms with Crippen LogP contribution >= 0.6 is 0 Å². The summed E-state index contributed by atoms with van der Waals surface area (Å²) in [4.78, 5) is 6.53. The Hall–Kier alpha value is -0.920. The van der Waals surface area contributed by atoms with E-state index in [1.54, 1.807) is 6.92 Å². The molecular formula is C9H18N4O2S. The van der Waals surface area contributed by atoms with Gasteiger partial charge < -0.3 is 10.3 Å². The van der Waals surface area contributed by atoms with E-state index in [4.69, 9.17) is 0 Å². The third-order valence-corrected chi connectivity index (χ3v) is 3.31. The molecule has 1 aromatic heterocycles. The van der Waals surface area contributed by atoms with Gasteiger partial charge in [-0.15, -0.1) is 0 Å². The molecule has 92 valence electrons. The monoisotopic (exact) mass is 246 g/mol. The third-order valence-electron chi connectivity index (χ3n) is 1.94. The fourth-order valence-corrected chi connectivity index (χ4v) is 2.16. The number of imidazole rings is 1. The van der Waals surface area contributed by atoms with Crippen molar-refractivity contribution in [3.8, 4) is 0 Å². The Bertz CT molecular complexity index is 424. The smallest absolute Gasteiger partial charge is 0.257 e. The first-order valence-corrected chi connectivity index (χ1v) is 6.65. The van der Waals surface area contributed by atoms with Crippen LogP contribution in [0.3, 0.4) is 0 Å². The predicted molar refractivity (Wildman–Crippen MR) is 61.7 cm³/mol. The molecule has 0 amide bonds. The van der Waals surface area contributed by atoms with Gasteiger partial charge in [-0.25, -0.2) is 18.1 Å². The fraction of sp³-hybridized carbons (Fsp3) is 0.667. The van der Waals surface area contributed by atoms with E-state index in [9.17, 15) is 8.42 Å². The molecule has 0 spiro atoms. The Morgan fingerprint density at radius 1 is 1.44 bits per heavy atom. The minimum absolute atomic E-state index is 0.106. The highest BCUT2D eigenvalue weighted by atomic mass is 32.2. The number of hydrogen-bond donors (Lipinski definition) is 3. The normalized spacial score (nSPS) is 12.2. The van der Waals surface area contributed by atoms with E-state index in [-0.39, 0.29) is 5.03 Å². The van der Waals surface area contributed by atoms with Crippen molar-refractivity contribution >= 4 is 10.0 Å². The van der Waals surface area contributed by atoms with Crippen LogP contribution in [0.1, 0.15) is 19.7 Å². The molecule has 1 heterocycles. The van der Waals surface area contributed by atoms with Crippen LogP contribution < -0.4 is 10.0 Å². The average Bonchev–Trinajstić information content (AvgIpc) is 2.60. The first-order valence-electron chi connectivity index (χ1n) is 5.16. The molecule has 6 nitrogen and oxygen atoms in total. The summed E-state index contributed by atoms with van der Waals surface area (Å²) in [5.74, 6) is 0.584.